The van der Waals surface area contributed by atoms with Gasteiger partial charge in [-0.15, -0.1) is 21.5 Å². The lowest BCUT2D eigenvalue weighted by Crippen LogP contribution is -2.42. The molecule has 7 nitrogen and oxygen atoms in total. The first-order valence-electron chi connectivity index (χ1n) is 9.29. The maximum atomic E-state index is 12.8. The molecule has 0 spiro atoms. The summed E-state index contributed by atoms with van der Waals surface area (Å²) in [5.74, 6) is -0.297. The number of aromatic nitrogens is 2. The molecule has 4 rings (SSSR count). The van der Waals surface area contributed by atoms with Crippen molar-refractivity contribution in [2.75, 3.05) is 30.9 Å². The molecule has 0 saturated carbocycles. The molecule has 0 radical (unpaired) electrons. The lowest BCUT2D eigenvalue weighted by Gasteiger charge is -2.22. The number of nitrogens with one attached hydrogen (secondary N) is 1. The van der Waals surface area contributed by atoms with E-state index in [1.165, 1.54) is 22.7 Å². The van der Waals surface area contributed by atoms with Gasteiger partial charge in [-0.3, -0.25) is 14.9 Å². The molecular weight excluding hydrogens is 406 g/mol. The van der Waals surface area contributed by atoms with Crippen LogP contribution in [0.2, 0.25) is 0 Å². The fourth-order valence-corrected chi connectivity index (χ4v) is 4.74. The highest BCUT2D eigenvalue weighted by Gasteiger charge is 2.35. The van der Waals surface area contributed by atoms with Crippen molar-refractivity contribution in [2.24, 2.45) is 0 Å². The standard InChI is InChI=1S/C20H21N5O2S2/c1-24(2)14-9-7-13(8-10-14)18-22-23-20(29-18)21-17(26)15-5-3-11-25(15)19(27)16-6-4-12-28-16/h4,6-10,12,15H,3,5,11H2,1-2H3,(H,21,23,26). The van der Waals surface area contributed by atoms with Gasteiger partial charge in [-0.2, -0.15) is 0 Å². The molecular formula is C20H21N5O2S2. The molecule has 0 bridgehead atoms. The fraction of sp³-hybridized carbons (Fsp3) is 0.300. The van der Waals surface area contributed by atoms with Crippen LogP contribution in [0, 0.1) is 0 Å². The van der Waals surface area contributed by atoms with Gasteiger partial charge < -0.3 is 9.80 Å². The fourth-order valence-electron chi connectivity index (χ4n) is 3.31. The number of thiophene rings is 1. The Bertz CT molecular complexity index is 998. The van der Waals surface area contributed by atoms with Crippen molar-refractivity contribution < 1.29 is 9.59 Å². The van der Waals surface area contributed by atoms with Crippen LogP contribution in [0.1, 0.15) is 22.5 Å². The van der Waals surface area contributed by atoms with Gasteiger partial charge in [0.25, 0.3) is 5.91 Å². The zero-order chi connectivity index (χ0) is 20.4. The molecule has 1 fully saturated rings. The van der Waals surface area contributed by atoms with Crippen LogP contribution in [-0.4, -0.2) is 53.6 Å². The lowest BCUT2D eigenvalue weighted by atomic mass is 10.2. The predicted molar refractivity (Wildman–Crippen MR) is 117 cm³/mol. The van der Waals surface area contributed by atoms with Crippen LogP contribution >= 0.6 is 22.7 Å². The minimum absolute atomic E-state index is 0.0865. The normalized spacial score (nSPS) is 16.1. The number of hydrogen-bond acceptors (Lipinski definition) is 7. The van der Waals surface area contributed by atoms with E-state index in [0.29, 0.717) is 23.0 Å². The maximum Gasteiger partial charge on any atom is 0.264 e. The van der Waals surface area contributed by atoms with Gasteiger partial charge in [0.1, 0.15) is 11.0 Å². The van der Waals surface area contributed by atoms with Crippen molar-refractivity contribution in [1.82, 2.24) is 15.1 Å². The van der Waals surface area contributed by atoms with Crippen molar-refractivity contribution in [3.8, 4) is 10.6 Å². The Morgan fingerprint density at radius 2 is 1.97 bits per heavy atom. The number of likely N-dealkylation sites (tertiary alicyclic amines) is 1. The molecule has 3 aromatic rings. The molecule has 1 unspecified atom stereocenters. The van der Waals surface area contributed by atoms with Gasteiger partial charge in [-0.25, -0.2) is 0 Å². The van der Waals surface area contributed by atoms with E-state index >= 15 is 0 Å². The largest absolute Gasteiger partial charge is 0.378 e. The number of anilines is 2. The van der Waals surface area contributed by atoms with Crippen molar-refractivity contribution in [2.45, 2.75) is 18.9 Å². The van der Waals surface area contributed by atoms with Gasteiger partial charge in [0.05, 0.1) is 4.88 Å². The van der Waals surface area contributed by atoms with Crippen molar-refractivity contribution in [1.29, 1.82) is 0 Å². The Hall–Kier alpha value is -2.78. The molecule has 1 aliphatic rings. The average molecular weight is 428 g/mol. The van der Waals surface area contributed by atoms with E-state index in [4.69, 9.17) is 0 Å². The molecule has 1 atom stereocenters. The van der Waals surface area contributed by atoms with Crippen LogP contribution in [0.4, 0.5) is 10.8 Å². The number of carbonyl (C=O) groups excluding carboxylic acids is 2. The zero-order valence-electron chi connectivity index (χ0n) is 16.2. The molecule has 1 aromatic carbocycles. The second-order valence-corrected chi connectivity index (χ2v) is 8.90. The molecule has 3 heterocycles. The molecule has 2 amide bonds. The Balaban J connectivity index is 1.44. The van der Waals surface area contributed by atoms with Crippen LogP contribution in [0.15, 0.2) is 41.8 Å². The van der Waals surface area contributed by atoms with Gasteiger partial charge in [0.15, 0.2) is 0 Å². The highest BCUT2D eigenvalue weighted by atomic mass is 32.1. The summed E-state index contributed by atoms with van der Waals surface area (Å²) < 4.78 is 0. The number of hydrogen-bond donors (Lipinski definition) is 1. The van der Waals surface area contributed by atoms with Gasteiger partial charge in [0.2, 0.25) is 11.0 Å². The predicted octanol–water partition coefficient (Wildman–Crippen LogP) is 3.58. The number of carbonyl (C=O) groups is 2. The van der Waals surface area contributed by atoms with E-state index in [1.807, 2.05) is 54.7 Å². The summed E-state index contributed by atoms with van der Waals surface area (Å²) in [7, 11) is 3.98. The first-order valence-corrected chi connectivity index (χ1v) is 11.0. The molecule has 1 saturated heterocycles. The molecule has 29 heavy (non-hydrogen) atoms. The average Bonchev–Trinajstić information content (AvgIpc) is 3.48. The maximum absolute atomic E-state index is 12.8. The van der Waals surface area contributed by atoms with Gasteiger partial charge in [-0.1, -0.05) is 17.4 Å². The zero-order valence-corrected chi connectivity index (χ0v) is 17.8. The molecule has 1 aliphatic heterocycles. The Morgan fingerprint density at radius 1 is 1.17 bits per heavy atom. The minimum Gasteiger partial charge on any atom is -0.378 e. The van der Waals surface area contributed by atoms with Crippen LogP contribution in [0.5, 0.6) is 0 Å². The van der Waals surface area contributed by atoms with Gasteiger partial charge in [-0.05, 0) is 48.6 Å². The highest BCUT2D eigenvalue weighted by molar-refractivity contribution is 7.18. The Morgan fingerprint density at radius 3 is 2.66 bits per heavy atom. The highest BCUT2D eigenvalue weighted by Crippen LogP contribution is 2.29. The second-order valence-electron chi connectivity index (χ2n) is 6.98. The summed E-state index contributed by atoms with van der Waals surface area (Å²) in [4.78, 5) is 29.8. The van der Waals surface area contributed by atoms with Crippen molar-refractivity contribution >= 4 is 45.3 Å². The van der Waals surface area contributed by atoms with Crippen LogP contribution < -0.4 is 10.2 Å². The van der Waals surface area contributed by atoms with Crippen LogP contribution in [0.3, 0.4) is 0 Å². The van der Waals surface area contributed by atoms with Crippen molar-refractivity contribution in [3.05, 3.63) is 46.7 Å². The van der Waals surface area contributed by atoms with Crippen LogP contribution in [-0.2, 0) is 4.79 Å². The minimum atomic E-state index is -0.476. The topological polar surface area (TPSA) is 78.4 Å². The number of nitrogens with zero attached hydrogens (tertiary/aromatic N) is 4. The molecule has 1 N–H and O–H groups in total. The lowest BCUT2D eigenvalue weighted by molar-refractivity contribution is -0.119. The Kier molecular flexibility index (Phi) is 5.59. The SMILES string of the molecule is CN(C)c1ccc(-c2nnc(NC(=O)C3CCCN3C(=O)c3cccs3)s2)cc1. The summed E-state index contributed by atoms with van der Waals surface area (Å²) in [6, 6.07) is 11.2. The number of benzene rings is 1. The molecule has 9 heteroatoms. The van der Waals surface area contributed by atoms with Crippen LogP contribution in [0.25, 0.3) is 10.6 Å². The summed E-state index contributed by atoms with van der Waals surface area (Å²) in [5, 5.41) is 14.2. The van der Waals surface area contributed by atoms with Crippen molar-refractivity contribution in [3.63, 3.8) is 0 Å². The van der Waals surface area contributed by atoms with E-state index in [1.54, 1.807) is 11.0 Å². The summed E-state index contributed by atoms with van der Waals surface area (Å²) in [6.07, 6.45) is 1.47. The summed E-state index contributed by atoms with van der Waals surface area (Å²) in [6.45, 7) is 0.592. The smallest absolute Gasteiger partial charge is 0.264 e. The quantitative estimate of drug-likeness (QED) is 0.673. The van der Waals surface area contributed by atoms with E-state index in [2.05, 4.69) is 15.5 Å². The first kappa shape index (κ1) is 19.5. The monoisotopic (exact) mass is 427 g/mol. The third-order valence-electron chi connectivity index (χ3n) is 4.83. The van der Waals surface area contributed by atoms with E-state index in [-0.39, 0.29) is 11.8 Å². The number of amides is 2. The van der Waals surface area contributed by atoms with Gasteiger partial charge >= 0.3 is 0 Å². The molecule has 2 aromatic heterocycles. The molecule has 150 valence electrons. The molecule has 0 aliphatic carbocycles. The van der Waals surface area contributed by atoms with Gasteiger partial charge in [0, 0.05) is 31.9 Å². The Labute approximate surface area is 177 Å². The van der Waals surface area contributed by atoms with E-state index < -0.39 is 6.04 Å². The first-order chi connectivity index (χ1) is 14.0. The third-order valence-corrected chi connectivity index (χ3v) is 6.58. The summed E-state index contributed by atoms with van der Waals surface area (Å²) >= 11 is 2.72. The van der Waals surface area contributed by atoms with E-state index in [9.17, 15) is 9.59 Å². The number of rotatable bonds is 5. The second kappa shape index (κ2) is 8.30. The van der Waals surface area contributed by atoms with E-state index in [0.717, 1.165) is 22.7 Å². The third kappa shape index (κ3) is 4.15. The summed E-state index contributed by atoms with van der Waals surface area (Å²) in [5.41, 5.74) is 2.05.